The first-order valence-electron chi connectivity index (χ1n) is 31.2. The van der Waals surface area contributed by atoms with Gasteiger partial charge in [-0.1, -0.05) is 269 Å². The third kappa shape index (κ3) is 39.6. The van der Waals surface area contributed by atoms with Crippen LogP contribution >= 0.6 is 0 Å². The molecular weight excluding hydrogens is 919 g/mol. The fourth-order valence-electron chi connectivity index (χ4n) is 10.2. The topological polar surface area (TPSA) is 189 Å². The molecule has 1 rings (SSSR count). The highest BCUT2D eigenvalue weighted by molar-refractivity contribution is 5.80. The molecule has 0 bridgehead atoms. The van der Waals surface area contributed by atoms with Crippen LogP contribution in [-0.4, -0.2) is 110 Å². The summed E-state index contributed by atoms with van der Waals surface area (Å²) in [6.45, 7) is 3.47. The Hall–Kier alpha value is -1.41. The van der Waals surface area contributed by atoms with E-state index >= 15 is 0 Å². The molecule has 432 valence electrons. The summed E-state index contributed by atoms with van der Waals surface area (Å²) in [5, 5.41) is 76.2. The number of ether oxygens (including phenoxy) is 2. The van der Waals surface area contributed by atoms with Gasteiger partial charge in [0.05, 0.1) is 25.4 Å². The molecule has 9 atom stereocenters. The van der Waals surface area contributed by atoms with Crippen LogP contribution in [0.25, 0.3) is 0 Å². The Bertz CT molecular complexity index is 1240. The number of amides is 1. The lowest BCUT2D eigenvalue weighted by atomic mass is 9.98. The van der Waals surface area contributed by atoms with Gasteiger partial charge in [0, 0.05) is 0 Å². The van der Waals surface area contributed by atoms with Crippen molar-refractivity contribution in [2.75, 3.05) is 13.2 Å². The number of rotatable bonds is 54. The summed E-state index contributed by atoms with van der Waals surface area (Å²) in [6, 6.07) is -1.19. The quantitative estimate of drug-likeness (QED) is 0.0215. The number of aliphatic hydroxyl groups is 7. The van der Waals surface area contributed by atoms with E-state index in [9.17, 15) is 40.5 Å². The second-order valence-electron chi connectivity index (χ2n) is 22.1. The summed E-state index contributed by atoms with van der Waals surface area (Å²) in [7, 11) is 0. The largest absolute Gasteiger partial charge is 0.394 e. The molecule has 8 N–H and O–H groups in total. The lowest BCUT2D eigenvalue weighted by molar-refractivity contribution is -0.303. The van der Waals surface area contributed by atoms with Crippen LogP contribution in [0.2, 0.25) is 0 Å². The zero-order valence-corrected chi connectivity index (χ0v) is 47.4. The van der Waals surface area contributed by atoms with Gasteiger partial charge < -0.3 is 50.5 Å². The molecule has 1 aliphatic rings. The van der Waals surface area contributed by atoms with Crippen LogP contribution in [0.3, 0.4) is 0 Å². The number of hydrogen-bond acceptors (Lipinski definition) is 10. The van der Waals surface area contributed by atoms with Crippen LogP contribution in [0.5, 0.6) is 0 Å². The number of carbonyl (C=O) groups is 1. The van der Waals surface area contributed by atoms with Crippen LogP contribution in [0.15, 0.2) is 24.3 Å². The summed E-state index contributed by atoms with van der Waals surface area (Å²) in [4.78, 5) is 13.2. The minimum Gasteiger partial charge on any atom is -0.394 e. The molecule has 1 saturated heterocycles. The van der Waals surface area contributed by atoms with Gasteiger partial charge in [-0.05, 0) is 51.4 Å². The van der Waals surface area contributed by atoms with Gasteiger partial charge in [-0.3, -0.25) is 4.79 Å². The Morgan fingerprint density at radius 3 is 1.22 bits per heavy atom. The monoisotopic (exact) mass is 1040 g/mol. The van der Waals surface area contributed by atoms with E-state index in [1.54, 1.807) is 0 Å². The van der Waals surface area contributed by atoms with Crippen molar-refractivity contribution in [1.82, 2.24) is 5.32 Å². The number of carbonyl (C=O) groups excluding carboxylic acids is 1. The normalized spacial score (nSPS) is 20.0. The van der Waals surface area contributed by atoms with Gasteiger partial charge in [0.1, 0.15) is 36.6 Å². The van der Waals surface area contributed by atoms with Crippen molar-refractivity contribution in [3.63, 3.8) is 0 Å². The fraction of sp³-hybridized carbons (Fsp3) is 0.919. The average Bonchev–Trinajstić information content (AvgIpc) is 3.39. The molecule has 0 aromatic carbocycles. The minimum atomic E-state index is -1.67. The summed E-state index contributed by atoms with van der Waals surface area (Å²) >= 11 is 0. The second-order valence-corrected chi connectivity index (χ2v) is 22.1. The third-order valence-electron chi connectivity index (χ3n) is 15.2. The molecule has 1 aliphatic heterocycles. The third-order valence-corrected chi connectivity index (χ3v) is 15.2. The minimum absolute atomic E-state index is 0.249. The molecular formula is C62H119NO10. The van der Waals surface area contributed by atoms with E-state index in [0.717, 1.165) is 38.5 Å². The smallest absolute Gasteiger partial charge is 0.249 e. The zero-order valence-electron chi connectivity index (χ0n) is 47.4. The summed E-state index contributed by atoms with van der Waals surface area (Å²) in [5.41, 5.74) is 0. The molecule has 0 radical (unpaired) electrons. The Morgan fingerprint density at radius 2 is 0.822 bits per heavy atom. The highest BCUT2D eigenvalue weighted by Gasteiger charge is 2.44. The number of hydrogen-bond donors (Lipinski definition) is 8. The first kappa shape index (κ1) is 69.6. The van der Waals surface area contributed by atoms with Crippen molar-refractivity contribution in [2.45, 2.75) is 351 Å². The molecule has 0 aliphatic carbocycles. The SMILES string of the molecule is CCCCCCCCCCCCCCCCCCCCCCC/C=C/CC/C=C/CCCC(O)C(O)C(COC1OC(CO)C(O)C(O)C1O)NC(=O)C(O)CCCCCCCCCCCCCCCCCC. The van der Waals surface area contributed by atoms with Crippen molar-refractivity contribution in [2.24, 2.45) is 0 Å². The van der Waals surface area contributed by atoms with Gasteiger partial charge >= 0.3 is 0 Å². The van der Waals surface area contributed by atoms with Crippen molar-refractivity contribution in [3.8, 4) is 0 Å². The van der Waals surface area contributed by atoms with Crippen molar-refractivity contribution in [3.05, 3.63) is 24.3 Å². The molecule has 1 amide bonds. The molecule has 0 spiro atoms. The first-order chi connectivity index (χ1) is 35.7. The van der Waals surface area contributed by atoms with E-state index in [1.165, 1.54) is 212 Å². The summed E-state index contributed by atoms with van der Waals surface area (Å²) in [5.74, 6) is -0.706. The Labute approximate surface area is 448 Å². The average molecular weight is 1040 g/mol. The van der Waals surface area contributed by atoms with E-state index < -0.39 is 74.2 Å². The van der Waals surface area contributed by atoms with Gasteiger partial charge in [0.25, 0.3) is 0 Å². The van der Waals surface area contributed by atoms with E-state index in [-0.39, 0.29) is 12.8 Å². The molecule has 73 heavy (non-hydrogen) atoms. The van der Waals surface area contributed by atoms with Crippen LogP contribution in [0, 0.1) is 0 Å². The van der Waals surface area contributed by atoms with Crippen LogP contribution in [0.4, 0.5) is 0 Å². The Kier molecular flexibility index (Phi) is 49.0. The van der Waals surface area contributed by atoms with E-state index in [2.05, 4.69) is 43.5 Å². The molecule has 1 fully saturated rings. The van der Waals surface area contributed by atoms with Crippen molar-refractivity contribution >= 4 is 5.91 Å². The van der Waals surface area contributed by atoms with Crippen molar-refractivity contribution < 1.29 is 50.0 Å². The van der Waals surface area contributed by atoms with E-state index in [0.29, 0.717) is 19.3 Å². The maximum Gasteiger partial charge on any atom is 0.249 e. The van der Waals surface area contributed by atoms with Gasteiger partial charge in [-0.25, -0.2) is 0 Å². The summed E-state index contributed by atoms with van der Waals surface area (Å²) < 4.78 is 11.1. The van der Waals surface area contributed by atoms with Gasteiger partial charge in [-0.2, -0.15) is 0 Å². The van der Waals surface area contributed by atoms with E-state index in [4.69, 9.17) is 9.47 Å². The maximum atomic E-state index is 13.2. The standard InChI is InChI=1S/C62H119NO10/c1-3-5-7-9-11-13-15-17-19-21-22-23-24-25-26-27-28-29-30-31-32-33-34-36-37-39-41-43-45-47-49-54(65)57(67)53(52-72-62-60(70)59(69)58(68)56(51-64)73-62)63-61(71)55(66)50-48-46-44-42-40-38-35-20-18-16-14-12-10-8-6-4-2/h34,36,41,43,53-60,62,64-70H,3-33,35,37-40,42,44-52H2,1-2H3,(H,63,71)/b36-34+,43-41+. The molecule has 0 aromatic rings. The van der Waals surface area contributed by atoms with E-state index in [1.807, 2.05) is 0 Å². The number of unbranched alkanes of at least 4 members (excludes halogenated alkanes) is 38. The second kappa shape index (κ2) is 51.4. The number of aliphatic hydroxyl groups excluding tert-OH is 7. The molecule has 11 heteroatoms. The van der Waals surface area contributed by atoms with Crippen LogP contribution in [-0.2, 0) is 14.3 Å². The predicted octanol–water partition coefficient (Wildman–Crippen LogP) is 13.7. The highest BCUT2D eigenvalue weighted by Crippen LogP contribution is 2.23. The maximum absolute atomic E-state index is 13.2. The highest BCUT2D eigenvalue weighted by atomic mass is 16.7. The Morgan fingerprint density at radius 1 is 0.466 bits per heavy atom. The van der Waals surface area contributed by atoms with Gasteiger partial charge in [-0.15, -0.1) is 0 Å². The molecule has 0 aromatic heterocycles. The van der Waals surface area contributed by atoms with Gasteiger partial charge in [0.2, 0.25) is 5.91 Å². The molecule has 9 unspecified atom stereocenters. The van der Waals surface area contributed by atoms with Gasteiger partial charge in [0.15, 0.2) is 6.29 Å². The fourth-order valence-corrected chi connectivity index (χ4v) is 10.2. The summed E-state index contributed by atoms with van der Waals surface area (Å²) in [6.07, 6.45) is 51.1. The predicted molar refractivity (Wildman–Crippen MR) is 302 cm³/mol. The van der Waals surface area contributed by atoms with Crippen LogP contribution in [0.1, 0.15) is 296 Å². The van der Waals surface area contributed by atoms with Crippen LogP contribution < -0.4 is 5.32 Å². The number of nitrogens with one attached hydrogen (secondary N) is 1. The molecule has 1 heterocycles. The lowest BCUT2D eigenvalue weighted by Crippen LogP contribution is -2.60. The Balaban J connectivity index is 2.26. The number of allylic oxidation sites excluding steroid dienone is 4. The first-order valence-corrected chi connectivity index (χ1v) is 31.2. The molecule has 0 saturated carbocycles. The lowest BCUT2D eigenvalue weighted by Gasteiger charge is -2.40. The zero-order chi connectivity index (χ0) is 53.3. The molecule has 11 nitrogen and oxygen atoms in total. The van der Waals surface area contributed by atoms with Crippen molar-refractivity contribution in [1.29, 1.82) is 0 Å².